The third-order valence-corrected chi connectivity index (χ3v) is 5.42. The van der Waals surface area contributed by atoms with Gasteiger partial charge >= 0.3 is 11.8 Å². The summed E-state index contributed by atoms with van der Waals surface area (Å²) in [6.45, 7) is 2.45. The van der Waals surface area contributed by atoms with Crippen molar-refractivity contribution in [2.75, 3.05) is 41.8 Å². The SMILES string of the molecule is O=C(Nc1cc(F)cc(N2CCOCC2)c1)C(=O)Nc1ccc(Cl)c(COc2cccnc2)c1. The Balaban J connectivity index is 1.39. The Bertz CT molecular complexity index is 1170. The molecule has 176 valence electrons. The molecule has 0 radical (unpaired) electrons. The second kappa shape index (κ2) is 11.0. The van der Waals surface area contributed by atoms with E-state index >= 15 is 0 Å². The van der Waals surface area contributed by atoms with Gasteiger partial charge in [-0.15, -0.1) is 0 Å². The van der Waals surface area contributed by atoms with Crippen molar-refractivity contribution in [3.05, 3.63) is 77.3 Å². The third kappa shape index (κ3) is 6.21. The van der Waals surface area contributed by atoms with Crippen molar-refractivity contribution in [3.8, 4) is 5.75 Å². The Morgan fingerprint density at radius 1 is 1.06 bits per heavy atom. The Labute approximate surface area is 200 Å². The first-order valence-corrected chi connectivity index (χ1v) is 10.9. The van der Waals surface area contributed by atoms with E-state index in [1.807, 2.05) is 4.90 Å². The number of benzene rings is 2. The zero-order valence-corrected chi connectivity index (χ0v) is 18.8. The van der Waals surface area contributed by atoms with Crippen LogP contribution in [0.2, 0.25) is 5.02 Å². The number of halogens is 2. The van der Waals surface area contributed by atoms with Gasteiger partial charge in [0.2, 0.25) is 0 Å². The van der Waals surface area contributed by atoms with Crippen LogP contribution in [-0.2, 0) is 20.9 Å². The molecule has 0 unspecified atom stereocenters. The highest BCUT2D eigenvalue weighted by Gasteiger charge is 2.18. The van der Waals surface area contributed by atoms with E-state index in [1.165, 1.54) is 6.07 Å². The van der Waals surface area contributed by atoms with Crippen LogP contribution in [0.3, 0.4) is 0 Å². The van der Waals surface area contributed by atoms with Crippen LogP contribution in [0.1, 0.15) is 5.56 Å². The van der Waals surface area contributed by atoms with E-state index in [2.05, 4.69) is 15.6 Å². The van der Waals surface area contributed by atoms with E-state index in [4.69, 9.17) is 21.1 Å². The minimum Gasteiger partial charge on any atom is -0.487 e. The van der Waals surface area contributed by atoms with Gasteiger partial charge in [-0.05, 0) is 48.5 Å². The summed E-state index contributed by atoms with van der Waals surface area (Å²) in [6, 6.07) is 12.4. The highest BCUT2D eigenvalue weighted by Crippen LogP contribution is 2.24. The molecule has 0 bridgehead atoms. The van der Waals surface area contributed by atoms with Gasteiger partial charge in [-0.25, -0.2) is 4.39 Å². The predicted molar refractivity (Wildman–Crippen MR) is 127 cm³/mol. The van der Waals surface area contributed by atoms with Crippen LogP contribution in [0.15, 0.2) is 60.9 Å². The summed E-state index contributed by atoms with van der Waals surface area (Å²) in [5.74, 6) is -1.78. The van der Waals surface area contributed by atoms with Crippen LogP contribution in [0.25, 0.3) is 0 Å². The molecule has 0 aliphatic carbocycles. The summed E-state index contributed by atoms with van der Waals surface area (Å²) < 4.78 is 25.1. The standard InChI is InChI=1S/C24H22ClFN4O4/c25-22-4-3-18(10-16(22)15-34-21-2-1-5-27-14-21)28-23(31)24(32)29-19-11-17(26)12-20(13-19)30-6-8-33-9-7-30/h1-5,10-14H,6-9,15H2,(H,28,31)(H,29,32). The number of nitrogens with zero attached hydrogens (tertiary/aromatic N) is 2. The number of pyridine rings is 1. The number of morpholine rings is 1. The molecule has 10 heteroatoms. The Hall–Kier alpha value is -3.69. The van der Waals surface area contributed by atoms with E-state index < -0.39 is 17.6 Å². The Morgan fingerprint density at radius 2 is 1.82 bits per heavy atom. The number of aromatic nitrogens is 1. The van der Waals surface area contributed by atoms with Crippen LogP contribution in [0.4, 0.5) is 21.5 Å². The number of rotatable bonds is 6. The van der Waals surface area contributed by atoms with E-state index in [1.54, 1.807) is 48.8 Å². The molecule has 2 aromatic carbocycles. The van der Waals surface area contributed by atoms with Crippen molar-refractivity contribution in [3.63, 3.8) is 0 Å². The first-order chi connectivity index (χ1) is 16.5. The van der Waals surface area contributed by atoms with Gasteiger partial charge in [-0.3, -0.25) is 14.6 Å². The average molecular weight is 485 g/mol. The molecule has 0 spiro atoms. The summed E-state index contributed by atoms with van der Waals surface area (Å²) in [5.41, 5.74) is 1.77. The average Bonchev–Trinajstić information content (AvgIpc) is 2.85. The summed E-state index contributed by atoms with van der Waals surface area (Å²) in [6.07, 6.45) is 3.20. The minimum absolute atomic E-state index is 0.147. The molecule has 2 heterocycles. The monoisotopic (exact) mass is 484 g/mol. The number of carbonyl (C=O) groups excluding carboxylic acids is 2. The summed E-state index contributed by atoms with van der Waals surface area (Å²) in [7, 11) is 0. The summed E-state index contributed by atoms with van der Waals surface area (Å²) in [5, 5.41) is 5.42. The number of hydrogen-bond acceptors (Lipinski definition) is 6. The molecule has 1 aliphatic rings. The molecule has 4 rings (SSSR count). The van der Waals surface area contributed by atoms with Gasteiger partial charge < -0.3 is 25.0 Å². The maximum absolute atomic E-state index is 14.1. The Morgan fingerprint density at radius 3 is 2.56 bits per heavy atom. The predicted octanol–water partition coefficient (Wildman–Crippen LogP) is 3.87. The lowest BCUT2D eigenvalue weighted by atomic mass is 10.2. The highest BCUT2D eigenvalue weighted by atomic mass is 35.5. The maximum Gasteiger partial charge on any atom is 0.314 e. The molecule has 1 aliphatic heterocycles. The van der Waals surface area contributed by atoms with Crippen molar-refractivity contribution in [1.82, 2.24) is 4.98 Å². The van der Waals surface area contributed by atoms with Crippen molar-refractivity contribution in [1.29, 1.82) is 0 Å². The molecule has 8 nitrogen and oxygen atoms in total. The highest BCUT2D eigenvalue weighted by molar-refractivity contribution is 6.43. The fourth-order valence-corrected chi connectivity index (χ4v) is 3.55. The third-order valence-electron chi connectivity index (χ3n) is 5.06. The molecule has 0 atom stereocenters. The number of ether oxygens (including phenoxy) is 2. The van der Waals surface area contributed by atoms with Crippen LogP contribution in [-0.4, -0.2) is 43.1 Å². The molecule has 1 aromatic heterocycles. The number of nitrogens with one attached hydrogen (secondary N) is 2. The lowest BCUT2D eigenvalue weighted by molar-refractivity contribution is -0.133. The summed E-state index contributed by atoms with van der Waals surface area (Å²) >= 11 is 6.23. The molecule has 1 fully saturated rings. The van der Waals surface area contributed by atoms with Gasteiger partial charge in [0.15, 0.2) is 0 Å². The second-order valence-corrected chi connectivity index (χ2v) is 7.90. The number of carbonyl (C=O) groups is 2. The zero-order chi connectivity index (χ0) is 23.9. The number of amides is 2. The first-order valence-electron chi connectivity index (χ1n) is 10.5. The van der Waals surface area contributed by atoms with E-state index in [0.29, 0.717) is 54.0 Å². The molecule has 3 aromatic rings. The fourth-order valence-electron chi connectivity index (χ4n) is 3.38. The van der Waals surface area contributed by atoms with E-state index in [0.717, 1.165) is 6.07 Å². The molecule has 1 saturated heterocycles. The molecule has 2 N–H and O–H groups in total. The van der Waals surface area contributed by atoms with Crippen LogP contribution < -0.4 is 20.3 Å². The molecule has 2 amide bonds. The van der Waals surface area contributed by atoms with Crippen LogP contribution >= 0.6 is 11.6 Å². The smallest absolute Gasteiger partial charge is 0.314 e. The number of anilines is 3. The van der Waals surface area contributed by atoms with Crippen LogP contribution in [0.5, 0.6) is 5.75 Å². The van der Waals surface area contributed by atoms with E-state index in [9.17, 15) is 14.0 Å². The van der Waals surface area contributed by atoms with Gasteiger partial charge in [0.25, 0.3) is 0 Å². The number of hydrogen-bond donors (Lipinski definition) is 2. The molecular formula is C24H22ClFN4O4. The topological polar surface area (TPSA) is 92.8 Å². The van der Waals surface area contributed by atoms with Crippen molar-refractivity contribution < 1.29 is 23.5 Å². The van der Waals surface area contributed by atoms with Gasteiger partial charge in [-0.1, -0.05) is 11.6 Å². The normalized spacial score (nSPS) is 13.3. The van der Waals surface area contributed by atoms with E-state index in [-0.39, 0.29) is 12.3 Å². The summed E-state index contributed by atoms with van der Waals surface area (Å²) in [4.78, 5) is 30.8. The van der Waals surface area contributed by atoms with Crippen molar-refractivity contribution in [2.45, 2.75) is 6.61 Å². The van der Waals surface area contributed by atoms with Gasteiger partial charge in [0, 0.05) is 46.9 Å². The van der Waals surface area contributed by atoms with Gasteiger partial charge in [-0.2, -0.15) is 0 Å². The van der Waals surface area contributed by atoms with Gasteiger partial charge in [0.1, 0.15) is 18.2 Å². The minimum atomic E-state index is -0.929. The maximum atomic E-state index is 14.1. The molecular weight excluding hydrogens is 463 g/mol. The van der Waals surface area contributed by atoms with Crippen LogP contribution in [0, 0.1) is 5.82 Å². The Kier molecular flexibility index (Phi) is 7.56. The molecule has 0 saturated carbocycles. The lowest BCUT2D eigenvalue weighted by Crippen LogP contribution is -2.36. The van der Waals surface area contributed by atoms with Crippen molar-refractivity contribution >= 4 is 40.5 Å². The largest absolute Gasteiger partial charge is 0.487 e. The lowest BCUT2D eigenvalue weighted by Gasteiger charge is -2.29. The quantitative estimate of drug-likeness (QED) is 0.516. The fraction of sp³-hybridized carbons (Fsp3) is 0.208. The van der Waals surface area contributed by atoms with Gasteiger partial charge in [0.05, 0.1) is 19.4 Å². The van der Waals surface area contributed by atoms with Crippen molar-refractivity contribution in [2.24, 2.45) is 0 Å². The zero-order valence-electron chi connectivity index (χ0n) is 18.1. The first kappa shape index (κ1) is 23.5. The molecule has 34 heavy (non-hydrogen) atoms. The second-order valence-electron chi connectivity index (χ2n) is 7.49.